The molecule has 0 aromatic heterocycles. The van der Waals surface area contributed by atoms with Crippen LogP contribution in [-0.2, 0) is 6.54 Å². The van der Waals surface area contributed by atoms with Gasteiger partial charge in [0, 0.05) is 13.1 Å². The third kappa shape index (κ3) is 7.08. The molecule has 0 aliphatic heterocycles. The summed E-state index contributed by atoms with van der Waals surface area (Å²) in [6, 6.07) is 10.6. The second kappa shape index (κ2) is 9.67. The van der Waals surface area contributed by atoms with E-state index in [0.717, 1.165) is 13.1 Å². The lowest BCUT2D eigenvalue weighted by molar-refractivity contribution is 0.363. The zero-order valence-electron chi connectivity index (χ0n) is 11.7. The van der Waals surface area contributed by atoms with E-state index in [1.807, 2.05) is 0 Å². The van der Waals surface area contributed by atoms with Gasteiger partial charge in [-0.15, -0.1) is 0 Å². The van der Waals surface area contributed by atoms with E-state index in [2.05, 4.69) is 73.5 Å². The highest BCUT2D eigenvalue weighted by molar-refractivity contribution is 5.14. The summed E-state index contributed by atoms with van der Waals surface area (Å²) < 4.78 is 0. The predicted octanol–water partition coefficient (Wildman–Crippen LogP) is 4.42. The minimum Gasteiger partial charge on any atom is -0.298 e. The van der Waals surface area contributed by atoms with Gasteiger partial charge in [0.05, 0.1) is 0 Å². The maximum absolute atomic E-state index is 2.31. The summed E-state index contributed by atoms with van der Waals surface area (Å²) in [5.41, 5.74) is 1.37. The first kappa shape index (κ1) is 14.7. The SMILES string of the molecule is CCCC/C=C/C=C/CN(C)Cc1ccccc1. The van der Waals surface area contributed by atoms with Crippen LogP contribution in [0, 0.1) is 0 Å². The Bertz CT molecular complexity index is 351. The van der Waals surface area contributed by atoms with Crippen LogP contribution in [0.2, 0.25) is 0 Å². The van der Waals surface area contributed by atoms with Crippen LogP contribution in [0.1, 0.15) is 31.7 Å². The molecule has 0 atom stereocenters. The summed E-state index contributed by atoms with van der Waals surface area (Å²) >= 11 is 0. The average molecular weight is 243 g/mol. The molecule has 1 aromatic carbocycles. The van der Waals surface area contributed by atoms with Crippen molar-refractivity contribution in [2.45, 2.75) is 32.7 Å². The molecule has 1 nitrogen and oxygen atoms in total. The van der Waals surface area contributed by atoms with E-state index in [1.165, 1.54) is 24.8 Å². The molecule has 18 heavy (non-hydrogen) atoms. The number of rotatable bonds is 8. The third-order valence-corrected chi connectivity index (χ3v) is 2.82. The van der Waals surface area contributed by atoms with Crippen LogP contribution in [-0.4, -0.2) is 18.5 Å². The van der Waals surface area contributed by atoms with Gasteiger partial charge in [0.25, 0.3) is 0 Å². The average Bonchev–Trinajstić information content (AvgIpc) is 2.39. The Morgan fingerprint density at radius 1 is 1.06 bits per heavy atom. The van der Waals surface area contributed by atoms with Gasteiger partial charge >= 0.3 is 0 Å². The third-order valence-electron chi connectivity index (χ3n) is 2.82. The van der Waals surface area contributed by atoms with Crippen molar-refractivity contribution in [3.05, 3.63) is 60.2 Å². The molecule has 1 aromatic rings. The monoisotopic (exact) mass is 243 g/mol. The number of nitrogens with zero attached hydrogens (tertiary/aromatic N) is 1. The molecule has 0 amide bonds. The lowest BCUT2D eigenvalue weighted by atomic mass is 10.2. The molecule has 98 valence electrons. The van der Waals surface area contributed by atoms with Crippen LogP contribution in [0.4, 0.5) is 0 Å². The van der Waals surface area contributed by atoms with Gasteiger partial charge in [-0.25, -0.2) is 0 Å². The smallest absolute Gasteiger partial charge is 0.0233 e. The Kier molecular flexibility index (Phi) is 7.90. The van der Waals surface area contributed by atoms with Gasteiger partial charge in [0.15, 0.2) is 0 Å². The van der Waals surface area contributed by atoms with Crippen molar-refractivity contribution in [1.82, 2.24) is 4.90 Å². The van der Waals surface area contributed by atoms with Crippen LogP contribution >= 0.6 is 0 Å². The van der Waals surface area contributed by atoms with E-state index < -0.39 is 0 Å². The minimum atomic E-state index is 0.993. The molecule has 0 bridgehead atoms. The summed E-state index contributed by atoms with van der Waals surface area (Å²) in [5, 5.41) is 0. The van der Waals surface area contributed by atoms with Crippen molar-refractivity contribution >= 4 is 0 Å². The lowest BCUT2D eigenvalue weighted by Crippen LogP contribution is -2.17. The van der Waals surface area contributed by atoms with Crippen molar-refractivity contribution < 1.29 is 0 Å². The molecular weight excluding hydrogens is 218 g/mol. The molecule has 0 fully saturated rings. The molecule has 0 radical (unpaired) electrons. The number of hydrogen-bond acceptors (Lipinski definition) is 1. The number of hydrogen-bond donors (Lipinski definition) is 0. The van der Waals surface area contributed by atoms with Crippen molar-refractivity contribution in [2.24, 2.45) is 0 Å². The Labute approximate surface area is 112 Å². The summed E-state index contributed by atoms with van der Waals surface area (Å²) in [4.78, 5) is 2.31. The van der Waals surface area contributed by atoms with Crippen LogP contribution in [0.15, 0.2) is 54.6 Å². The highest BCUT2D eigenvalue weighted by atomic mass is 15.1. The fourth-order valence-electron chi connectivity index (χ4n) is 1.78. The molecule has 0 heterocycles. The van der Waals surface area contributed by atoms with Crippen molar-refractivity contribution in [3.63, 3.8) is 0 Å². The Hall–Kier alpha value is -1.34. The Balaban J connectivity index is 2.18. The first-order valence-electron chi connectivity index (χ1n) is 6.87. The van der Waals surface area contributed by atoms with E-state index in [9.17, 15) is 0 Å². The largest absolute Gasteiger partial charge is 0.298 e. The van der Waals surface area contributed by atoms with Gasteiger partial charge < -0.3 is 0 Å². The first-order valence-corrected chi connectivity index (χ1v) is 6.87. The fourth-order valence-corrected chi connectivity index (χ4v) is 1.78. The molecule has 0 N–H and O–H groups in total. The van der Waals surface area contributed by atoms with Crippen molar-refractivity contribution in [2.75, 3.05) is 13.6 Å². The maximum atomic E-state index is 2.31. The van der Waals surface area contributed by atoms with Crippen molar-refractivity contribution in [3.8, 4) is 0 Å². The second-order valence-electron chi connectivity index (χ2n) is 4.68. The normalized spacial score (nSPS) is 11.9. The minimum absolute atomic E-state index is 0.993. The molecule has 1 rings (SSSR count). The highest BCUT2D eigenvalue weighted by Crippen LogP contribution is 2.02. The zero-order chi connectivity index (χ0) is 13.1. The van der Waals surface area contributed by atoms with Crippen molar-refractivity contribution in [1.29, 1.82) is 0 Å². The molecule has 0 saturated heterocycles. The van der Waals surface area contributed by atoms with Gasteiger partial charge in [-0.1, -0.05) is 74.4 Å². The summed E-state index contributed by atoms with van der Waals surface area (Å²) in [6.07, 6.45) is 12.5. The summed E-state index contributed by atoms with van der Waals surface area (Å²) in [7, 11) is 2.15. The van der Waals surface area contributed by atoms with E-state index >= 15 is 0 Å². The first-order chi connectivity index (χ1) is 8.83. The number of allylic oxidation sites excluding steroid dienone is 3. The maximum Gasteiger partial charge on any atom is 0.0233 e. The summed E-state index contributed by atoms with van der Waals surface area (Å²) in [5.74, 6) is 0. The van der Waals surface area contributed by atoms with Crippen LogP contribution < -0.4 is 0 Å². The predicted molar refractivity (Wildman–Crippen MR) is 80.6 cm³/mol. The standard InChI is InChI=1S/C17H25N/c1-3-4-5-6-7-8-12-15-18(2)16-17-13-10-9-11-14-17/h6-14H,3-5,15-16H2,1-2H3/b7-6+,12-8+. The molecule has 0 spiro atoms. The zero-order valence-corrected chi connectivity index (χ0v) is 11.7. The van der Waals surface area contributed by atoms with Gasteiger partial charge in [0.2, 0.25) is 0 Å². The second-order valence-corrected chi connectivity index (χ2v) is 4.68. The molecule has 1 heteroatoms. The van der Waals surface area contributed by atoms with Gasteiger partial charge in [0.1, 0.15) is 0 Å². The topological polar surface area (TPSA) is 3.24 Å². The molecular formula is C17H25N. The van der Waals surface area contributed by atoms with Crippen LogP contribution in [0.5, 0.6) is 0 Å². The van der Waals surface area contributed by atoms with Gasteiger partial charge in [-0.05, 0) is 19.0 Å². The number of likely N-dealkylation sites (N-methyl/N-ethyl adjacent to an activating group) is 1. The van der Waals surface area contributed by atoms with E-state index in [0.29, 0.717) is 0 Å². The highest BCUT2D eigenvalue weighted by Gasteiger charge is 1.96. The fraction of sp³-hybridized carbons (Fsp3) is 0.412. The Morgan fingerprint density at radius 3 is 2.50 bits per heavy atom. The molecule has 0 aliphatic rings. The van der Waals surface area contributed by atoms with Crippen LogP contribution in [0.3, 0.4) is 0 Å². The Morgan fingerprint density at radius 2 is 1.78 bits per heavy atom. The van der Waals surface area contributed by atoms with Crippen LogP contribution in [0.25, 0.3) is 0 Å². The molecule has 0 aliphatic carbocycles. The molecule has 0 saturated carbocycles. The quantitative estimate of drug-likeness (QED) is 0.482. The number of benzene rings is 1. The van der Waals surface area contributed by atoms with E-state index in [1.54, 1.807) is 0 Å². The molecule has 0 unspecified atom stereocenters. The summed E-state index contributed by atoms with van der Waals surface area (Å²) in [6.45, 7) is 4.22. The van der Waals surface area contributed by atoms with E-state index in [4.69, 9.17) is 0 Å². The van der Waals surface area contributed by atoms with Gasteiger partial charge in [-0.3, -0.25) is 4.90 Å². The van der Waals surface area contributed by atoms with Gasteiger partial charge in [-0.2, -0.15) is 0 Å². The van der Waals surface area contributed by atoms with E-state index in [-0.39, 0.29) is 0 Å². The lowest BCUT2D eigenvalue weighted by Gasteiger charge is -2.13. The number of unbranched alkanes of at least 4 members (excludes halogenated alkanes) is 2.